The number of ether oxygens (including phenoxy) is 1. The number of para-hydroxylation sites is 3. The zero-order chi connectivity index (χ0) is 20.3. The molecule has 0 bridgehead atoms. The van der Waals surface area contributed by atoms with Gasteiger partial charge >= 0.3 is 0 Å². The van der Waals surface area contributed by atoms with Crippen LogP contribution in [0.1, 0.15) is 16.1 Å². The number of aryl methyl sites for hydroxylation is 1. The van der Waals surface area contributed by atoms with Crippen molar-refractivity contribution in [1.82, 2.24) is 9.78 Å². The summed E-state index contributed by atoms with van der Waals surface area (Å²) in [5.41, 5.74) is 0.385. The molecule has 0 saturated heterocycles. The van der Waals surface area contributed by atoms with Crippen LogP contribution in [0, 0.1) is 17.0 Å². The number of nitro groups is 1. The normalized spacial score (nSPS) is 10.4. The summed E-state index contributed by atoms with van der Waals surface area (Å²) in [6, 6.07) is 13.9. The summed E-state index contributed by atoms with van der Waals surface area (Å²) in [5.74, 6) is -0.778. The van der Waals surface area contributed by atoms with E-state index in [9.17, 15) is 19.7 Å². The molecule has 9 heteroatoms. The van der Waals surface area contributed by atoms with Crippen LogP contribution in [0.5, 0.6) is 5.75 Å². The summed E-state index contributed by atoms with van der Waals surface area (Å²) >= 11 is 0. The minimum Gasteiger partial charge on any atom is -0.494 e. The van der Waals surface area contributed by atoms with Gasteiger partial charge in [0.25, 0.3) is 17.2 Å². The minimum absolute atomic E-state index is 0.00925. The summed E-state index contributed by atoms with van der Waals surface area (Å²) < 4.78 is 6.20. The van der Waals surface area contributed by atoms with Crippen LogP contribution in [0.2, 0.25) is 0 Å². The highest BCUT2D eigenvalue weighted by molar-refractivity contribution is 6.05. The molecule has 0 radical (unpaired) electrons. The van der Waals surface area contributed by atoms with E-state index in [2.05, 4.69) is 10.4 Å². The Morgan fingerprint density at radius 1 is 1.18 bits per heavy atom. The van der Waals surface area contributed by atoms with Crippen molar-refractivity contribution in [3.63, 3.8) is 0 Å². The number of nitrogens with one attached hydrogen (secondary N) is 1. The standard InChI is InChI=1S/C19H16N4O5/c1-12-7-3-5-9-14(12)22-17(24)11-16(28-2)18(21-22)19(25)20-13-8-4-6-10-15(13)23(26)27/h3-11H,1-2H3,(H,20,25). The van der Waals surface area contributed by atoms with Gasteiger partial charge < -0.3 is 10.1 Å². The van der Waals surface area contributed by atoms with E-state index in [0.717, 1.165) is 16.3 Å². The first-order chi connectivity index (χ1) is 13.4. The van der Waals surface area contributed by atoms with E-state index in [1.807, 2.05) is 6.07 Å². The fourth-order valence-corrected chi connectivity index (χ4v) is 2.65. The number of nitro benzene ring substituents is 1. The minimum atomic E-state index is -0.742. The van der Waals surface area contributed by atoms with Gasteiger partial charge in [0.15, 0.2) is 11.4 Å². The van der Waals surface area contributed by atoms with Crippen LogP contribution in [0.4, 0.5) is 11.4 Å². The largest absolute Gasteiger partial charge is 0.494 e. The smallest absolute Gasteiger partial charge is 0.292 e. The molecule has 0 aliphatic carbocycles. The van der Waals surface area contributed by atoms with E-state index >= 15 is 0 Å². The lowest BCUT2D eigenvalue weighted by Crippen LogP contribution is -2.26. The average molecular weight is 380 g/mol. The highest BCUT2D eigenvalue weighted by Crippen LogP contribution is 2.25. The Hall–Kier alpha value is -4.01. The van der Waals surface area contributed by atoms with Crippen molar-refractivity contribution in [2.75, 3.05) is 12.4 Å². The molecule has 2 aromatic carbocycles. The first-order valence-electron chi connectivity index (χ1n) is 8.21. The zero-order valence-electron chi connectivity index (χ0n) is 15.1. The zero-order valence-corrected chi connectivity index (χ0v) is 15.1. The summed E-state index contributed by atoms with van der Waals surface area (Å²) in [6.45, 7) is 1.81. The molecule has 0 spiro atoms. The van der Waals surface area contributed by atoms with Crippen LogP contribution in [-0.2, 0) is 0 Å². The maximum absolute atomic E-state index is 12.8. The number of methoxy groups -OCH3 is 1. The Bertz CT molecular complexity index is 1120. The van der Waals surface area contributed by atoms with Gasteiger partial charge in [-0.2, -0.15) is 9.78 Å². The van der Waals surface area contributed by atoms with E-state index in [4.69, 9.17) is 4.74 Å². The Balaban J connectivity index is 2.08. The molecule has 1 heterocycles. The van der Waals surface area contributed by atoms with E-state index in [1.165, 1.54) is 25.3 Å². The second kappa shape index (κ2) is 7.70. The molecule has 0 aliphatic rings. The van der Waals surface area contributed by atoms with Crippen LogP contribution in [0.15, 0.2) is 59.4 Å². The topological polar surface area (TPSA) is 116 Å². The highest BCUT2D eigenvalue weighted by Gasteiger charge is 2.21. The third-order valence-corrected chi connectivity index (χ3v) is 4.02. The molecule has 3 rings (SSSR count). The SMILES string of the molecule is COc1cc(=O)n(-c2ccccc2C)nc1C(=O)Nc1ccccc1[N+](=O)[O-]. The van der Waals surface area contributed by atoms with Crippen molar-refractivity contribution in [1.29, 1.82) is 0 Å². The Morgan fingerprint density at radius 2 is 1.86 bits per heavy atom. The van der Waals surface area contributed by atoms with Gasteiger partial charge in [-0.1, -0.05) is 30.3 Å². The lowest BCUT2D eigenvalue weighted by molar-refractivity contribution is -0.383. The first kappa shape index (κ1) is 18.8. The third-order valence-electron chi connectivity index (χ3n) is 4.02. The fraction of sp³-hybridized carbons (Fsp3) is 0.105. The van der Waals surface area contributed by atoms with Crippen molar-refractivity contribution < 1.29 is 14.5 Å². The molecule has 28 heavy (non-hydrogen) atoms. The molecular weight excluding hydrogens is 364 g/mol. The Kier molecular flexibility index (Phi) is 5.16. The maximum atomic E-state index is 12.8. The van der Waals surface area contributed by atoms with Crippen molar-refractivity contribution in [2.45, 2.75) is 6.92 Å². The molecular formula is C19H16N4O5. The van der Waals surface area contributed by atoms with Crippen molar-refractivity contribution >= 4 is 17.3 Å². The number of rotatable bonds is 5. The van der Waals surface area contributed by atoms with Crippen LogP contribution < -0.4 is 15.6 Å². The predicted octanol–water partition coefficient (Wildman–Crippen LogP) is 2.71. The lowest BCUT2D eigenvalue weighted by Gasteiger charge is -2.12. The summed E-state index contributed by atoms with van der Waals surface area (Å²) in [6.07, 6.45) is 0. The molecule has 0 unspecified atom stereocenters. The molecule has 3 aromatic rings. The first-order valence-corrected chi connectivity index (χ1v) is 8.21. The van der Waals surface area contributed by atoms with Crippen LogP contribution in [0.25, 0.3) is 5.69 Å². The molecule has 1 aromatic heterocycles. The number of anilines is 1. The van der Waals surface area contributed by atoms with Gasteiger partial charge in [0.2, 0.25) is 0 Å². The number of hydrogen-bond acceptors (Lipinski definition) is 6. The van der Waals surface area contributed by atoms with E-state index in [1.54, 1.807) is 31.2 Å². The van der Waals surface area contributed by atoms with Gasteiger partial charge in [-0.25, -0.2) is 0 Å². The number of amides is 1. The van der Waals surface area contributed by atoms with Crippen molar-refractivity contribution in [3.05, 3.63) is 86.3 Å². The fourth-order valence-electron chi connectivity index (χ4n) is 2.65. The molecule has 142 valence electrons. The predicted molar refractivity (Wildman–Crippen MR) is 102 cm³/mol. The summed E-state index contributed by atoms with van der Waals surface area (Å²) in [4.78, 5) is 35.7. The quantitative estimate of drug-likeness (QED) is 0.537. The number of carbonyl (C=O) groups excluding carboxylic acids is 1. The van der Waals surface area contributed by atoms with Gasteiger partial charge in [-0.3, -0.25) is 19.7 Å². The number of nitrogens with zero attached hydrogens (tertiary/aromatic N) is 3. The molecule has 0 atom stereocenters. The summed E-state index contributed by atoms with van der Waals surface area (Å²) in [7, 11) is 1.30. The molecule has 0 saturated carbocycles. The molecule has 1 N–H and O–H groups in total. The van der Waals surface area contributed by atoms with Gasteiger partial charge in [0.05, 0.1) is 23.8 Å². The van der Waals surface area contributed by atoms with Gasteiger partial charge in [-0.15, -0.1) is 0 Å². The second-order valence-electron chi connectivity index (χ2n) is 5.83. The van der Waals surface area contributed by atoms with Crippen LogP contribution >= 0.6 is 0 Å². The summed E-state index contributed by atoms with van der Waals surface area (Å²) in [5, 5.41) is 17.8. The number of carbonyl (C=O) groups is 1. The van der Waals surface area contributed by atoms with E-state index in [0.29, 0.717) is 5.69 Å². The Labute approximate surface area is 159 Å². The van der Waals surface area contributed by atoms with Gasteiger partial charge in [0.1, 0.15) is 5.69 Å². The highest BCUT2D eigenvalue weighted by atomic mass is 16.6. The monoisotopic (exact) mass is 380 g/mol. The average Bonchev–Trinajstić information content (AvgIpc) is 2.68. The van der Waals surface area contributed by atoms with Crippen molar-refractivity contribution in [3.8, 4) is 11.4 Å². The molecule has 0 fully saturated rings. The molecule has 9 nitrogen and oxygen atoms in total. The van der Waals surface area contributed by atoms with Gasteiger partial charge in [0, 0.05) is 6.07 Å². The van der Waals surface area contributed by atoms with Gasteiger partial charge in [-0.05, 0) is 24.6 Å². The second-order valence-corrected chi connectivity index (χ2v) is 5.83. The lowest BCUT2D eigenvalue weighted by atomic mass is 10.2. The van der Waals surface area contributed by atoms with Crippen LogP contribution in [0.3, 0.4) is 0 Å². The maximum Gasteiger partial charge on any atom is 0.292 e. The number of benzene rings is 2. The van der Waals surface area contributed by atoms with E-state index in [-0.39, 0.29) is 22.8 Å². The van der Waals surface area contributed by atoms with Crippen molar-refractivity contribution in [2.24, 2.45) is 0 Å². The number of aromatic nitrogens is 2. The number of hydrogen-bond donors (Lipinski definition) is 1. The third kappa shape index (κ3) is 3.58. The van der Waals surface area contributed by atoms with Crippen LogP contribution in [-0.4, -0.2) is 27.7 Å². The molecule has 1 amide bonds. The van der Waals surface area contributed by atoms with E-state index < -0.39 is 16.4 Å². The molecule has 0 aliphatic heterocycles. The Morgan fingerprint density at radius 3 is 2.54 bits per heavy atom.